The molecule has 2 aromatic rings. The quantitative estimate of drug-likeness (QED) is 0.145. The average Bonchev–Trinajstić information content (AvgIpc) is 3.24. The number of carbonyl (C=O) groups is 4. The summed E-state index contributed by atoms with van der Waals surface area (Å²) in [5.41, 5.74) is 1.14. The maximum atomic E-state index is 14.0. The lowest BCUT2D eigenvalue weighted by molar-refractivity contribution is -0.138. The number of carbonyl (C=O) groups excluding carboxylic acids is 4. The van der Waals surface area contributed by atoms with Crippen LogP contribution in [0.2, 0.25) is 5.02 Å². The maximum Gasteiger partial charge on any atom is 0.254 e. The van der Waals surface area contributed by atoms with E-state index in [0.717, 1.165) is 8.47 Å². The lowest BCUT2D eigenvalue weighted by Gasteiger charge is -2.50. The van der Waals surface area contributed by atoms with Crippen LogP contribution in [-0.4, -0.2) is 48.8 Å². The molecule has 7 nitrogen and oxygen atoms in total. The van der Waals surface area contributed by atoms with Crippen LogP contribution in [-0.2, 0) is 19.2 Å². The van der Waals surface area contributed by atoms with Crippen LogP contribution in [0.4, 0.5) is 5.69 Å². The lowest BCUT2D eigenvalue weighted by atomic mass is 9.56. The summed E-state index contributed by atoms with van der Waals surface area (Å²) in [6.07, 6.45) is 1.91. The minimum atomic E-state index is -2.00. The first-order valence-electron chi connectivity index (χ1n) is 12.1. The SMILES string of the molecule is O=C1[C@H]2[C@H](CC=C3[C@H]2C[C@@]2(Cl)C(=O)N(CBr)C(=O)[C@@]2(Cl)[C@H]3c2cc(Cl)ccc2O)C(=O)N1c1ccc(I)cc1. The Morgan fingerprint density at radius 2 is 1.69 bits per heavy atom. The zero-order valence-corrected chi connectivity index (χ0v) is 25.9. The average molecular weight is 765 g/mol. The Hall–Kier alpha value is -1.66. The van der Waals surface area contributed by atoms with Gasteiger partial charge in [0.05, 0.1) is 23.0 Å². The van der Waals surface area contributed by atoms with Gasteiger partial charge in [0, 0.05) is 20.1 Å². The van der Waals surface area contributed by atoms with E-state index in [4.69, 9.17) is 34.8 Å². The van der Waals surface area contributed by atoms with E-state index in [9.17, 15) is 24.3 Å². The van der Waals surface area contributed by atoms with Crippen molar-refractivity contribution in [1.82, 2.24) is 4.90 Å². The fourth-order valence-corrected chi connectivity index (χ4v) is 8.66. The Morgan fingerprint density at radius 3 is 2.36 bits per heavy atom. The highest BCUT2D eigenvalue weighted by atomic mass is 127. The Labute approximate surface area is 260 Å². The topological polar surface area (TPSA) is 95.0 Å². The van der Waals surface area contributed by atoms with Crippen LogP contribution < -0.4 is 4.90 Å². The number of fused-ring (bicyclic) bond motifs is 4. The highest BCUT2D eigenvalue weighted by Crippen LogP contribution is 2.66. The number of halogens is 5. The van der Waals surface area contributed by atoms with Gasteiger partial charge >= 0.3 is 0 Å². The van der Waals surface area contributed by atoms with Crippen molar-refractivity contribution < 1.29 is 24.3 Å². The van der Waals surface area contributed by atoms with Crippen molar-refractivity contribution in [3.63, 3.8) is 0 Å². The number of rotatable bonds is 3. The van der Waals surface area contributed by atoms with Crippen molar-refractivity contribution in [2.75, 3.05) is 10.4 Å². The van der Waals surface area contributed by atoms with E-state index in [1.165, 1.54) is 23.1 Å². The van der Waals surface area contributed by atoms with Crippen molar-refractivity contribution in [2.24, 2.45) is 17.8 Å². The summed E-state index contributed by atoms with van der Waals surface area (Å²) in [4.78, 5) is 53.1. The van der Waals surface area contributed by atoms with E-state index in [1.807, 2.05) is 18.2 Å². The standard InChI is InChI=1S/C27H19BrCl3IN2O5/c28-11-33-24(38)26(30)10-18-15(21(27(26,31)25(33)39)17-9-12(29)1-8-19(17)35)6-7-16-20(18)23(37)34(22(16)36)14-4-2-13(32)3-5-14/h1-6,8-9,16,18,20-21,35H,7,10-11H2/t16-,18+,20-,21+,26+,27-/m0/s1. The molecule has 3 fully saturated rings. The van der Waals surface area contributed by atoms with E-state index < -0.39 is 51.1 Å². The van der Waals surface area contributed by atoms with Gasteiger partial charge in [-0.2, -0.15) is 0 Å². The van der Waals surface area contributed by atoms with Gasteiger partial charge in [-0.15, -0.1) is 23.2 Å². The third-order valence-electron chi connectivity index (χ3n) is 8.40. The number of phenols is 1. The molecule has 12 heteroatoms. The zero-order chi connectivity index (χ0) is 28.0. The Kier molecular flexibility index (Phi) is 6.66. The van der Waals surface area contributed by atoms with E-state index >= 15 is 0 Å². The van der Waals surface area contributed by atoms with Gasteiger partial charge < -0.3 is 5.11 Å². The second kappa shape index (κ2) is 9.44. The smallest absolute Gasteiger partial charge is 0.254 e. The largest absolute Gasteiger partial charge is 0.508 e. The van der Waals surface area contributed by atoms with Crippen molar-refractivity contribution in [2.45, 2.75) is 28.5 Å². The van der Waals surface area contributed by atoms with Crippen LogP contribution >= 0.6 is 73.3 Å². The fraction of sp³-hybridized carbons (Fsp3) is 0.333. The number of hydrogen-bond acceptors (Lipinski definition) is 5. The normalized spacial score (nSPS) is 33.7. The Bertz CT molecular complexity index is 1500. The molecule has 2 saturated heterocycles. The molecule has 0 unspecified atom stereocenters. The number of alkyl halides is 3. The summed E-state index contributed by atoms with van der Waals surface area (Å²) >= 11 is 26.0. The first kappa shape index (κ1) is 27.5. The van der Waals surface area contributed by atoms with Crippen molar-refractivity contribution in [1.29, 1.82) is 0 Å². The molecular formula is C27H19BrCl3IN2O5. The highest BCUT2D eigenvalue weighted by Gasteiger charge is 2.76. The van der Waals surface area contributed by atoms with E-state index in [-0.39, 0.29) is 40.5 Å². The highest BCUT2D eigenvalue weighted by molar-refractivity contribution is 14.1. The minimum absolute atomic E-state index is 0.128. The number of anilines is 1. The number of imide groups is 2. The number of likely N-dealkylation sites (tertiary alicyclic amines) is 1. The molecule has 6 atom stereocenters. The second-order valence-corrected chi connectivity index (χ2v) is 13.6. The van der Waals surface area contributed by atoms with Gasteiger partial charge in [-0.05, 0) is 83.8 Å². The second-order valence-electron chi connectivity index (χ2n) is 10.2. The van der Waals surface area contributed by atoms with Gasteiger partial charge in [0.2, 0.25) is 11.8 Å². The number of nitrogens with zero attached hydrogens (tertiary/aromatic N) is 2. The van der Waals surface area contributed by atoms with E-state index in [2.05, 4.69) is 38.5 Å². The summed E-state index contributed by atoms with van der Waals surface area (Å²) in [6.45, 7) is 0. The van der Waals surface area contributed by atoms with E-state index in [1.54, 1.807) is 12.1 Å². The molecule has 2 aliphatic heterocycles. The molecule has 1 N–H and O–H groups in total. The van der Waals surface area contributed by atoms with Gasteiger partial charge in [0.25, 0.3) is 11.8 Å². The van der Waals surface area contributed by atoms with Gasteiger partial charge in [-0.25, -0.2) is 0 Å². The molecule has 1 saturated carbocycles. The first-order chi connectivity index (χ1) is 18.5. The fourth-order valence-electron chi connectivity index (χ4n) is 6.70. The zero-order valence-electron chi connectivity index (χ0n) is 19.9. The summed E-state index contributed by atoms with van der Waals surface area (Å²) in [6, 6.07) is 11.4. The molecule has 2 heterocycles. The van der Waals surface area contributed by atoms with Crippen molar-refractivity contribution >= 4 is 103 Å². The minimum Gasteiger partial charge on any atom is -0.508 e. The summed E-state index contributed by atoms with van der Waals surface area (Å²) in [5, 5.41) is 11.2. The van der Waals surface area contributed by atoms with Gasteiger partial charge in [-0.1, -0.05) is 39.2 Å². The molecule has 0 aromatic heterocycles. The number of benzene rings is 2. The summed E-state index contributed by atoms with van der Waals surface area (Å²) in [5.74, 6) is -5.56. The monoisotopic (exact) mass is 762 g/mol. The molecule has 2 aliphatic carbocycles. The molecular weight excluding hydrogens is 745 g/mol. The molecule has 0 bridgehead atoms. The Morgan fingerprint density at radius 1 is 1.00 bits per heavy atom. The molecule has 0 radical (unpaired) electrons. The molecule has 2 aromatic carbocycles. The molecule has 39 heavy (non-hydrogen) atoms. The van der Waals surface area contributed by atoms with Crippen molar-refractivity contribution in [3.05, 3.63) is 68.3 Å². The van der Waals surface area contributed by atoms with Crippen LogP contribution in [0.1, 0.15) is 24.3 Å². The summed E-state index contributed by atoms with van der Waals surface area (Å²) < 4.78 is 0.955. The number of hydrogen-bond donors (Lipinski definition) is 1. The van der Waals surface area contributed by atoms with Gasteiger partial charge in [0.15, 0.2) is 9.75 Å². The summed E-state index contributed by atoms with van der Waals surface area (Å²) in [7, 11) is 0. The van der Waals surface area contributed by atoms with Crippen LogP contribution in [0.25, 0.3) is 0 Å². The molecule has 4 amide bonds. The number of amides is 4. The molecule has 4 aliphatic rings. The predicted octanol–water partition coefficient (Wildman–Crippen LogP) is 5.57. The first-order valence-corrected chi connectivity index (χ1v) is 15.4. The van der Waals surface area contributed by atoms with Gasteiger partial charge in [0.1, 0.15) is 5.75 Å². The number of aromatic hydroxyl groups is 1. The predicted molar refractivity (Wildman–Crippen MR) is 158 cm³/mol. The van der Waals surface area contributed by atoms with Crippen molar-refractivity contribution in [3.8, 4) is 5.75 Å². The van der Waals surface area contributed by atoms with Crippen LogP contribution in [0, 0.1) is 21.3 Å². The molecule has 202 valence electrons. The number of allylic oxidation sites excluding steroid dienone is 2. The van der Waals surface area contributed by atoms with Crippen LogP contribution in [0.15, 0.2) is 54.1 Å². The maximum absolute atomic E-state index is 14.0. The third kappa shape index (κ3) is 3.65. The molecule has 0 spiro atoms. The lowest BCUT2D eigenvalue weighted by Crippen LogP contribution is -2.60. The van der Waals surface area contributed by atoms with Crippen LogP contribution in [0.3, 0.4) is 0 Å². The van der Waals surface area contributed by atoms with Crippen LogP contribution in [0.5, 0.6) is 5.75 Å². The molecule has 6 rings (SSSR count). The number of phenolic OH excluding ortho intramolecular Hbond substituents is 1. The Balaban J connectivity index is 1.53. The third-order valence-corrected chi connectivity index (χ3v) is 11.3. The van der Waals surface area contributed by atoms with E-state index in [0.29, 0.717) is 11.3 Å². The van der Waals surface area contributed by atoms with Gasteiger partial charge in [-0.3, -0.25) is 29.0 Å².